The lowest BCUT2D eigenvalue weighted by atomic mass is 10.1. The lowest BCUT2D eigenvalue weighted by Gasteiger charge is -2.26. The summed E-state index contributed by atoms with van der Waals surface area (Å²) in [5, 5.41) is 0. The van der Waals surface area contributed by atoms with Gasteiger partial charge >= 0.3 is 0 Å². The first kappa shape index (κ1) is 10.3. The minimum absolute atomic E-state index is 0.0767. The number of rotatable bonds is 1. The number of carbonyl (C=O) groups excluding carboxylic acids is 1. The number of likely N-dealkylation sites (tertiary alicyclic amines) is 1. The average Bonchev–Trinajstić information content (AvgIpc) is 2.86. The zero-order valence-electron chi connectivity index (χ0n) is 9.54. The van der Waals surface area contributed by atoms with Crippen molar-refractivity contribution in [2.45, 2.75) is 19.3 Å². The number of aromatic nitrogens is 3. The van der Waals surface area contributed by atoms with Crippen LogP contribution in [0.4, 0.5) is 0 Å². The summed E-state index contributed by atoms with van der Waals surface area (Å²) in [7, 11) is 0. The minimum atomic E-state index is 0.0767. The summed E-state index contributed by atoms with van der Waals surface area (Å²) in [4.78, 5) is 22.3. The summed E-state index contributed by atoms with van der Waals surface area (Å²) in [5.74, 6) is 0.702. The van der Waals surface area contributed by atoms with E-state index < -0.39 is 0 Å². The Morgan fingerprint density at radius 2 is 2.00 bits per heavy atom. The Labute approximate surface area is 99.1 Å². The quantitative estimate of drug-likeness (QED) is 0.743. The molecule has 1 amide bonds. The third kappa shape index (κ3) is 1.88. The van der Waals surface area contributed by atoms with Crippen molar-refractivity contribution in [1.29, 1.82) is 0 Å². The second-order valence-corrected chi connectivity index (χ2v) is 4.33. The molecule has 0 unspecified atom stereocenters. The van der Waals surface area contributed by atoms with Crippen LogP contribution in [-0.2, 0) is 0 Å². The predicted octanol–water partition coefficient (Wildman–Crippen LogP) is 1.36. The van der Waals surface area contributed by atoms with E-state index in [-0.39, 0.29) is 5.91 Å². The molecule has 1 aliphatic rings. The Balaban J connectivity index is 1.88. The normalized spacial score (nSPS) is 16.4. The fraction of sp³-hybridized carbons (Fsp3) is 0.417. The standard InChI is InChI=1S/C12H14N4O/c17-11(15-5-2-1-3-6-15)10-8-14-12-13-4-7-16(12)9-10/h4,7-9H,1-3,5-6H2. The fourth-order valence-electron chi connectivity index (χ4n) is 2.21. The van der Waals surface area contributed by atoms with Crippen molar-refractivity contribution < 1.29 is 4.79 Å². The molecule has 0 spiro atoms. The Kier molecular flexibility index (Phi) is 2.51. The molecule has 0 N–H and O–H groups in total. The number of imidazole rings is 1. The van der Waals surface area contributed by atoms with Crippen LogP contribution in [-0.4, -0.2) is 38.3 Å². The second kappa shape index (κ2) is 4.16. The third-order valence-corrected chi connectivity index (χ3v) is 3.14. The molecule has 5 nitrogen and oxygen atoms in total. The molecular weight excluding hydrogens is 216 g/mol. The number of amides is 1. The number of hydrogen-bond acceptors (Lipinski definition) is 3. The maximum absolute atomic E-state index is 12.2. The van der Waals surface area contributed by atoms with Crippen LogP contribution in [0.2, 0.25) is 0 Å². The summed E-state index contributed by atoms with van der Waals surface area (Å²) in [6.07, 6.45) is 10.3. The second-order valence-electron chi connectivity index (χ2n) is 4.33. The van der Waals surface area contributed by atoms with Gasteiger partial charge in [0.05, 0.1) is 5.56 Å². The molecule has 0 saturated carbocycles. The fourth-order valence-corrected chi connectivity index (χ4v) is 2.21. The largest absolute Gasteiger partial charge is 0.339 e. The van der Waals surface area contributed by atoms with Crippen LogP contribution in [0.1, 0.15) is 29.6 Å². The zero-order chi connectivity index (χ0) is 11.7. The van der Waals surface area contributed by atoms with Crippen molar-refractivity contribution in [3.63, 3.8) is 0 Å². The molecule has 2 aromatic rings. The van der Waals surface area contributed by atoms with Gasteiger partial charge in [-0.1, -0.05) is 0 Å². The van der Waals surface area contributed by atoms with E-state index in [0.29, 0.717) is 11.3 Å². The van der Waals surface area contributed by atoms with E-state index in [0.717, 1.165) is 25.9 Å². The summed E-state index contributed by atoms with van der Waals surface area (Å²) in [6, 6.07) is 0. The van der Waals surface area contributed by atoms with Crippen LogP contribution in [0.25, 0.3) is 5.78 Å². The van der Waals surface area contributed by atoms with Gasteiger partial charge in [0.15, 0.2) is 0 Å². The molecule has 0 radical (unpaired) electrons. The number of piperidine rings is 1. The number of hydrogen-bond donors (Lipinski definition) is 0. The van der Waals surface area contributed by atoms with Gasteiger partial charge in [-0.2, -0.15) is 0 Å². The maximum Gasteiger partial charge on any atom is 0.256 e. The highest BCUT2D eigenvalue weighted by molar-refractivity contribution is 5.93. The van der Waals surface area contributed by atoms with E-state index in [4.69, 9.17) is 0 Å². The van der Waals surface area contributed by atoms with Crippen LogP contribution >= 0.6 is 0 Å². The molecule has 1 aliphatic heterocycles. The van der Waals surface area contributed by atoms with Gasteiger partial charge in [-0.15, -0.1) is 0 Å². The van der Waals surface area contributed by atoms with Gasteiger partial charge in [0.1, 0.15) is 0 Å². The SMILES string of the molecule is O=C(c1cnc2nccn2c1)N1CCCCC1. The monoisotopic (exact) mass is 230 g/mol. The molecule has 0 atom stereocenters. The molecule has 1 saturated heterocycles. The minimum Gasteiger partial charge on any atom is -0.339 e. The highest BCUT2D eigenvalue weighted by Crippen LogP contribution is 2.12. The molecule has 0 aliphatic carbocycles. The molecule has 3 rings (SSSR count). The third-order valence-electron chi connectivity index (χ3n) is 3.14. The highest BCUT2D eigenvalue weighted by Gasteiger charge is 2.18. The first-order chi connectivity index (χ1) is 8.34. The van der Waals surface area contributed by atoms with Gasteiger partial charge in [-0.25, -0.2) is 9.97 Å². The van der Waals surface area contributed by atoms with Crippen molar-refractivity contribution in [2.75, 3.05) is 13.1 Å². The molecule has 1 fully saturated rings. The summed E-state index contributed by atoms with van der Waals surface area (Å²) in [5.41, 5.74) is 0.636. The van der Waals surface area contributed by atoms with E-state index in [1.165, 1.54) is 6.42 Å². The van der Waals surface area contributed by atoms with E-state index in [2.05, 4.69) is 9.97 Å². The summed E-state index contributed by atoms with van der Waals surface area (Å²) >= 11 is 0. The molecular formula is C12H14N4O. The molecule has 0 bridgehead atoms. The summed E-state index contributed by atoms with van der Waals surface area (Å²) < 4.78 is 1.77. The van der Waals surface area contributed by atoms with E-state index in [1.54, 1.807) is 29.2 Å². The van der Waals surface area contributed by atoms with Crippen molar-refractivity contribution in [3.8, 4) is 0 Å². The van der Waals surface area contributed by atoms with Gasteiger partial charge in [-0.05, 0) is 19.3 Å². The number of fused-ring (bicyclic) bond motifs is 1. The zero-order valence-corrected chi connectivity index (χ0v) is 9.54. The Hall–Kier alpha value is -1.91. The molecule has 17 heavy (non-hydrogen) atoms. The topological polar surface area (TPSA) is 50.5 Å². The number of nitrogens with zero attached hydrogens (tertiary/aromatic N) is 4. The predicted molar refractivity (Wildman–Crippen MR) is 62.7 cm³/mol. The molecule has 3 heterocycles. The van der Waals surface area contributed by atoms with Gasteiger partial charge in [0, 0.05) is 37.9 Å². The lowest BCUT2D eigenvalue weighted by Crippen LogP contribution is -2.35. The molecule has 2 aromatic heterocycles. The molecule has 0 aromatic carbocycles. The van der Waals surface area contributed by atoms with Gasteiger partial charge < -0.3 is 4.90 Å². The first-order valence-corrected chi connectivity index (χ1v) is 5.92. The molecule has 5 heteroatoms. The van der Waals surface area contributed by atoms with Crippen molar-refractivity contribution >= 4 is 11.7 Å². The van der Waals surface area contributed by atoms with Crippen LogP contribution in [0.5, 0.6) is 0 Å². The van der Waals surface area contributed by atoms with Crippen molar-refractivity contribution in [2.24, 2.45) is 0 Å². The summed E-state index contributed by atoms with van der Waals surface area (Å²) in [6.45, 7) is 1.72. The number of carbonyl (C=O) groups is 1. The Morgan fingerprint density at radius 1 is 1.18 bits per heavy atom. The van der Waals surface area contributed by atoms with Crippen LogP contribution in [0.15, 0.2) is 24.8 Å². The molecule has 88 valence electrons. The van der Waals surface area contributed by atoms with Crippen LogP contribution < -0.4 is 0 Å². The Bertz CT molecular complexity index is 542. The van der Waals surface area contributed by atoms with Crippen molar-refractivity contribution in [1.82, 2.24) is 19.3 Å². The van der Waals surface area contributed by atoms with Gasteiger partial charge in [0.25, 0.3) is 5.91 Å². The Morgan fingerprint density at radius 3 is 2.82 bits per heavy atom. The maximum atomic E-state index is 12.2. The van der Waals surface area contributed by atoms with Crippen molar-refractivity contribution in [3.05, 3.63) is 30.4 Å². The van der Waals surface area contributed by atoms with Crippen LogP contribution in [0, 0.1) is 0 Å². The lowest BCUT2D eigenvalue weighted by molar-refractivity contribution is 0.0723. The van der Waals surface area contributed by atoms with Gasteiger partial charge in [-0.3, -0.25) is 9.20 Å². The van der Waals surface area contributed by atoms with Crippen LogP contribution in [0.3, 0.4) is 0 Å². The first-order valence-electron chi connectivity index (χ1n) is 5.92. The van der Waals surface area contributed by atoms with E-state index in [9.17, 15) is 4.79 Å². The average molecular weight is 230 g/mol. The smallest absolute Gasteiger partial charge is 0.256 e. The van der Waals surface area contributed by atoms with Gasteiger partial charge in [0.2, 0.25) is 5.78 Å². The van der Waals surface area contributed by atoms with E-state index in [1.807, 2.05) is 4.90 Å². The highest BCUT2D eigenvalue weighted by atomic mass is 16.2. The van der Waals surface area contributed by atoms with E-state index >= 15 is 0 Å².